The van der Waals surface area contributed by atoms with Crippen molar-refractivity contribution in [3.8, 4) is 0 Å². The van der Waals surface area contributed by atoms with Crippen LogP contribution in [0.15, 0.2) is 84.2 Å². The Balaban J connectivity index is 1.36. The quantitative estimate of drug-likeness (QED) is 0.414. The maximum absolute atomic E-state index is 13.5. The van der Waals surface area contributed by atoms with Gasteiger partial charge < -0.3 is 10.2 Å². The fourth-order valence-corrected chi connectivity index (χ4v) is 5.14. The van der Waals surface area contributed by atoms with E-state index >= 15 is 0 Å². The molecule has 33 heavy (non-hydrogen) atoms. The van der Waals surface area contributed by atoms with E-state index in [0.29, 0.717) is 24.2 Å². The van der Waals surface area contributed by atoms with Crippen molar-refractivity contribution in [2.24, 2.45) is 0 Å². The third kappa shape index (κ3) is 4.45. The molecule has 4 aromatic rings. The van der Waals surface area contributed by atoms with Crippen LogP contribution in [-0.2, 0) is 24.2 Å². The minimum atomic E-state index is -0.0577. The first-order valence-corrected chi connectivity index (χ1v) is 11.9. The van der Waals surface area contributed by atoms with Gasteiger partial charge in [0, 0.05) is 21.8 Å². The van der Waals surface area contributed by atoms with Gasteiger partial charge in [-0.25, -0.2) is 0 Å². The zero-order valence-corrected chi connectivity index (χ0v) is 19.2. The van der Waals surface area contributed by atoms with Crippen LogP contribution in [-0.4, -0.2) is 11.8 Å². The van der Waals surface area contributed by atoms with Crippen molar-refractivity contribution >= 4 is 34.5 Å². The molecule has 5 heteroatoms. The van der Waals surface area contributed by atoms with Crippen LogP contribution in [0.2, 0.25) is 0 Å². The number of rotatable bonds is 4. The van der Waals surface area contributed by atoms with Crippen LogP contribution in [0.25, 0.3) is 0 Å². The highest BCUT2D eigenvalue weighted by Gasteiger charge is 2.24. The Morgan fingerprint density at radius 1 is 0.879 bits per heavy atom. The van der Waals surface area contributed by atoms with E-state index in [1.54, 1.807) is 35.6 Å². The lowest BCUT2D eigenvalue weighted by Crippen LogP contribution is -2.30. The third-order valence-electron chi connectivity index (χ3n) is 6.06. The number of amides is 2. The SMILES string of the molecule is Cc1ccsc1CC(=O)Nc1ccc(C(=O)N2Cc3ccccc3Cc3ccccc32)cc1. The fraction of sp³-hybridized carbons (Fsp3) is 0.143. The Bertz CT molecular complexity index is 1320. The summed E-state index contributed by atoms with van der Waals surface area (Å²) in [5.74, 6) is -0.107. The van der Waals surface area contributed by atoms with Crippen molar-refractivity contribution in [3.63, 3.8) is 0 Å². The van der Waals surface area contributed by atoms with Gasteiger partial charge in [0.05, 0.1) is 13.0 Å². The van der Waals surface area contributed by atoms with Gasteiger partial charge in [0.2, 0.25) is 5.91 Å². The molecule has 4 nitrogen and oxygen atoms in total. The number of aryl methyl sites for hydroxylation is 1. The number of carbonyl (C=O) groups is 2. The molecule has 0 bridgehead atoms. The Hall–Kier alpha value is -3.70. The first-order valence-electron chi connectivity index (χ1n) is 11.0. The molecule has 0 radical (unpaired) electrons. The molecule has 0 spiro atoms. The summed E-state index contributed by atoms with van der Waals surface area (Å²) < 4.78 is 0. The highest BCUT2D eigenvalue weighted by molar-refractivity contribution is 7.10. The number of para-hydroxylation sites is 1. The van der Waals surface area contributed by atoms with Crippen molar-refractivity contribution in [2.75, 3.05) is 10.2 Å². The minimum absolute atomic E-state index is 0.0498. The van der Waals surface area contributed by atoms with Crippen LogP contribution in [0.4, 0.5) is 11.4 Å². The largest absolute Gasteiger partial charge is 0.326 e. The minimum Gasteiger partial charge on any atom is -0.326 e. The molecule has 1 aliphatic heterocycles. The van der Waals surface area contributed by atoms with Gasteiger partial charge in [0.25, 0.3) is 5.91 Å². The predicted molar refractivity (Wildman–Crippen MR) is 134 cm³/mol. The van der Waals surface area contributed by atoms with Gasteiger partial charge >= 0.3 is 0 Å². The van der Waals surface area contributed by atoms with E-state index in [2.05, 4.69) is 23.5 Å². The number of fused-ring (bicyclic) bond motifs is 2. The van der Waals surface area contributed by atoms with E-state index in [1.165, 1.54) is 5.56 Å². The van der Waals surface area contributed by atoms with Gasteiger partial charge in [0.15, 0.2) is 0 Å². The lowest BCUT2D eigenvalue weighted by atomic mass is 10.0. The number of benzene rings is 3. The van der Waals surface area contributed by atoms with Gasteiger partial charge in [-0.2, -0.15) is 0 Å². The van der Waals surface area contributed by atoms with Crippen LogP contribution >= 0.6 is 11.3 Å². The van der Waals surface area contributed by atoms with E-state index in [0.717, 1.165) is 33.7 Å². The van der Waals surface area contributed by atoms with Gasteiger partial charge in [-0.1, -0.05) is 42.5 Å². The van der Waals surface area contributed by atoms with Crippen molar-refractivity contribution in [2.45, 2.75) is 26.3 Å². The number of anilines is 2. The Morgan fingerprint density at radius 3 is 2.30 bits per heavy atom. The molecule has 2 amide bonds. The number of hydrogen-bond acceptors (Lipinski definition) is 3. The van der Waals surface area contributed by atoms with E-state index in [9.17, 15) is 9.59 Å². The molecule has 0 fully saturated rings. The number of thiophene rings is 1. The maximum atomic E-state index is 13.5. The van der Waals surface area contributed by atoms with E-state index < -0.39 is 0 Å². The molecular weight excluding hydrogens is 428 g/mol. The molecule has 0 aliphatic carbocycles. The second-order valence-corrected chi connectivity index (χ2v) is 9.30. The zero-order valence-electron chi connectivity index (χ0n) is 18.4. The first kappa shape index (κ1) is 21.2. The maximum Gasteiger partial charge on any atom is 0.258 e. The van der Waals surface area contributed by atoms with Gasteiger partial charge in [-0.05, 0) is 77.4 Å². The number of hydrogen-bond donors (Lipinski definition) is 1. The highest BCUT2D eigenvalue weighted by Crippen LogP contribution is 2.31. The van der Waals surface area contributed by atoms with Crippen LogP contribution in [0.5, 0.6) is 0 Å². The summed E-state index contributed by atoms with van der Waals surface area (Å²) in [5, 5.41) is 4.93. The second-order valence-electron chi connectivity index (χ2n) is 8.29. The summed E-state index contributed by atoms with van der Waals surface area (Å²) >= 11 is 1.59. The molecule has 1 N–H and O–H groups in total. The second kappa shape index (κ2) is 9.04. The first-order chi connectivity index (χ1) is 16.1. The lowest BCUT2D eigenvalue weighted by Gasteiger charge is -2.23. The summed E-state index contributed by atoms with van der Waals surface area (Å²) in [6, 6.07) is 25.6. The monoisotopic (exact) mass is 452 g/mol. The van der Waals surface area contributed by atoms with Crippen molar-refractivity contribution < 1.29 is 9.59 Å². The van der Waals surface area contributed by atoms with Crippen molar-refractivity contribution in [1.82, 2.24) is 0 Å². The van der Waals surface area contributed by atoms with E-state index in [1.807, 2.05) is 53.6 Å². The average Bonchev–Trinajstić information content (AvgIpc) is 3.14. The summed E-state index contributed by atoms with van der Waals surface area (Å²) in [6.45, 7) is 2.55. The molecule has 3 aromatic carbocycles. The zero-order chi connectivity index (χ0) is 22.8. The Kier molecular flexibility index (Phi) is 5.80. The molecular formula is C28H24N2O2S. The van der Waals surface area contributed by atoms with E-state index in [4.69, 9.17) is 0 Å². The lowest BCUT2D eigenvalue weighted by molar-refractivity contribution is -0.115. The molecule has 0 saturated carbocycles. The summed E-state index contributed by atoms with van der Waals surface area (Å²) in [6.07, 6.45) is 1.17. The third-order valence-corrected chi connectivity index (χ3v) is 7.08. The molecule has 1 aromatic heterocycles. The van der Waals surface area contributed by atoms with Crippen molar-refractivity contribution in [1.29, 1.82) is 0 Å². The van der Waals surface area contributed by atoms with Crippen LogP contribution in [0.3, 0.4) is 0 Å². The van der Waals surface area contributed by atoms with Crippen molar-refractivity contribution in [3.05, 3.63) is 117 Å². The number of nitrogens with one attached hydrogen (secondary N) is 1. The Labute approximate surface area is 197 Å². The molecule has 2 heterocycles. The Morgan fingerprint density at radius 2 is 1.58 bits per heavy atom. The number of nitrogens with zero attached hydrogens (tertiary/aromatic N) is 1. The fourth-order valence-electron chi connectivity index (χ4n) is 4.24. The predicted octanol–water partition coefficient (Wildman–Crippen LogP) is 5.99. The molecule has 0 unspecified atom stereocenters. The summed E-state index contributed by atoms with van der Waals surface area (Å²) in [5.41, 5.74) is 6.92. The smallest absolute Gasteiger partial charge is 0.258 e. The molecule has 164 valence electrons. The summed E-state index contributed by atoms with van der Waals surface area (Å²) in [4.78, 5) is 28.9. The van der Waals surface area contributed by atoms with Crippen LogP contribution in [0, 0.1) is 6.92 Å². The molecule has 5 rings (SSSR count). The molecule has 0 atom stereocenters. The van der Waals surface area contributed by atoms with Gasteiger partial charge in [-0.15, -0.1) is 11.3 Å². The van der Waals surface area contributed by atoms with Crippen LogP contribution < -0.4 is 10.2 Å². The highest BCUT2D eigenvalue weighted by atomic mass is 32.1. The van der Waals surface area contributed by atoms with Gasteiger partial charge in [0.1, 0.15) is 0 Å². The molecule has 1 aliphatic rings. The number of carbonyl (C=O) groups excluding carboxylic acids is 2. The normalized spacial score (nSPS) is 12.5. The summed E-state index contributed by atoms with van der Waals surface area (Å²) in [7, 11) is 0. The van der Waals surface area contributed by atoms with E-state index in [-0.39, 0.29) is 11.8 Å². The van der Waals surface area contributed by atoms with Crippen LogP contribution in [0.1, 0.15) is 37.5 Å². The average molecular weight is 453 g/mol. The molecule has 0 saturated heterocycles. The standard InChI is InChI=1S/C28H24N2O2S/c1-19-14-15-33-26(19)17-27(31)29-24-12-10-20(11-13-24)28(32)30-18-23-8-3-2-6-21(23)16-22-7-4-5-9-25(22)30/h2-15H,16-18H2,1H3,(H,29,31). The van der Waals surface area contributed by atoms with Gasteiger partial charge in [-0.3, -0.25) is 9.59 Å². The topological polar surface area (TPSA) is 49.4 Å².